The Kier molecular flexibility index (Phi) is 2.39. The van der Waals surface area contributed by atoms with Gasteiger partial charge in [-0.1, -0.05) is 0 Å². The average Bonchev–Trinajstić information content (AvgIpc) is 2.46. The number of hydrogen-bond donors (Lipinski definition) is 1. The highest BCUT2D eigenvalue weighted by molar-refractivity contribution is 4.76. The molecule has 1 saturated heterocycles. The molecule has 0 bridgehead atoms. The molecule has 2 rings (SSSR count). The molecule has 0 saturated carbocycles. The smallest absolute Gasteiger partial charge is 0.0946 e. The van der Waals surface area contributed by atoms with Crippen LogP contribution in [0.5, 0.6) is 0 Å². The fraction of sp³-hybridized carbons (Fsp3) is 0.625. The molecule has 12 heavy (non-hydrogen) atoms. The maximum Gasteiger partial charge on any atom is 0.0946 e. The van der Waals surface area contributed by atoms with Crippen LogP contribution in [0.2, 0.25) is 0 Å². The van der Waals surface area contributed by atoms with Crippen molar-refractivity contribution in [1.29, 1.82) is 0 Å². The van der Waals surface area contributed by atoms with E-state index in [0.29, 0.717) is 6.04 Å². The zero-order valence-electron chi connectivity index (χ0n) is 6.94. The van der Waals surface area contributed by atoms with E-state index < -0.39 is 0 Å². The maximum absolute atomic E-state index is 5.04. The third-order valence-corrected chi connectivity index (χ3v) is 2.00. The molecule has 0 radical (unpaired) electrons. The minimum atomic E-state index is 0.577. The lowest BCUT2D eigenvalue weighted by Gasteiger charge is -2.26. The van der Waals surface area contributed by atoms with Crippen molar-refractivity contribution in [3.8, 4) is 0 Å². The van der Waals surface area contributed by atoms with Crippen LogP contribution in [0, 0.1) is 0 Å². The van der Waals surface area contributed by atoms with Crippen LogP contribution in [0.1, 0.15) is 0 Å². The molecule has 0 aliphatic carbocycles. The van der Waals surface area contributed by atoms with E-state index in [-0.39, 0.29) is 0 Å². The van der Waals surface area contributed by atoms with E-state index in [4.69, 9.17) is 4.74 Å². The molecule has 1 aliphatic heterocycles. The summed E-state index contributed by atoms with van der Waals surface area (Å²) in [7, 11) is 0. The van der Waals surface area contributed by atoms with Crippen LogP contribution >= 0.6 is 0 Å². The van der Waals surface area contributed by atoms with Crippen molar-refractivity contribution in [3.05, 3.63) is 18.7 Å². The first-order valence-electron chi connectivity index (χ1n) is 4.22. The van der Waals surface area contributed by atoms with Gasteiger partial charge >= 0.3 is 0 Å². The van der Waals surface area contributed by atoms with Crippen molar-refractivity contribution in [2.75, 3.05) is 19.8 Å². The van der Waals surface area contributed by atoms with Gasteiger partial charge in [-0.25, -0.2) is 4.98 Å². The lowest BCUT2D eigenvalue weighted by molar-refractivity contribution is -0.00514. The molecule has 1 fully saturated rings. The molecule has 2 heterocycles. The van der Waals surface area contributed by atoms with E-state index in [1.54, 1.807) is 6.20 Å². The number of imidazole rings is 1. The molecule has 4 heteroatoms. The van der Waals surface area contributed by atoms with Crippen molar-refractivity contribution in [2.45, 2.75) is 12.6 Å². The largest absolute Gasteiger partial charge is 0.378 e. The van der Waals surface area contributed by atoms with Gasteiger partial charge in [0.15, 0.2) is 0 Å². The van der Waals surface area contributed by atoms with Gasteiger partial charge in [0.1, 0.15) is 0 Å². The molecule has 4 nitrogen and oxygen atoms in total. The summed E-state index contributed by atoms with van der Waals surface area (Å²) >= 11 is 0. The summed E-state index contributed by atoms with van der Waals surface area (Å²) < 4.78 is 7.10. The summed E-state index contributed by atoms with van der Waals surface area (Å²) in [5.74, 6) is 0. The van der Waals surface area contributed by atoms with Gasteiger partial charge < -0.3 is 14.6 Å². The Labute approximate surface area is 71.6 Å². The van der Waals surface area contributed by atoms with Crippen LogP contribution in [0.4, 0.5) is 0 Å². The fourth-order valence-corrected chi connectivity index (χ4v) is 1.17. The second-order valence-electron chi connectivity index (χ2n) is 2.99. The number of aromatic nitrogens is 2. The molecule has 0 unspecified atom stereocenters. The van der Waals surface area contributed by atoms with E-state index in [9.17, 15) is 0 Å². The van der Waals surface area contributed by atoms with Gasteiger partial charge in [0.25, 0.3) is 0 Å². The molecular weight excluding hydrogens is 154 g/mol. The highest BCUT2D eigenvalue weighted by Crippen LogP contribution is 1.98. The Morgan fingerprint density at radius 2 is 2.50 bits per heavy atom. The Morgan fingerprint density at radius 1 is 1.58 bits per heavy atom. The molecule has 1 N–H and O–H groups in total. The Bertz CT molecular complexity index is 218. The van der Waals surface area contributed by atoms with Gasteiger partial charge in [-0.15, -0.1) is 0 Å². The summed E-state index contributed by atoms with van der Waals surface area (Å²) in [5.41, 5.74) is 0. The zero-order chi connectivity index (χ0) is 8.23. The van der Waals surface area contributed by atoms with Crippen molar-refractivity contribution in [2.24, 2.45) is 0 Å². The fourth-order valence-electron chi connectivity index (χ4n) is 1.17. The summed E-state index contributed by atoms with van der Waals surface area (Å²) in [6.07, 6.45) is 5.60. The maximum atomic E-state index is 5.04. The summed E-state index contributed by atoms with van der Waals surface area (Å²) in [4.78, 5) is 3.96. The van der Waals surface area contributed by atoms with E-state index in [2.05, 4.69) is 14.9 Å². The van der Waals surface area contributed by atoms with E-state index >= 15 is 0 Å². The minimum Gasteiger partial charge on any atom is -0.378 e. The highest BCUT2D eigenvalue weighted by Gasteiger charge is 2.16. The van der Waals surface area contributed by atoms with Crippen LogP contribution in [0.15, 0.2) is 18.7 Å². The lowest BCUT2D eigenvalue weighted by Crippen LogP contribution is -2.46. The van der Waals surface area contributed by atoms with Crippen LogP contribution in [0.25, 0.3) is 0 Å². The van der Waals surface area contributed by atoms with Crippen LogP contribution in [0.3, 0.4) is 0 Å². The number of hydrogen-bond acceptors (Lipinski definition) is 3. The molecule has 1 aromatic heterocycles. The Morgan fingerprint density at radius 3 is 3.08 bits per heavy atom. The predicted octanol–water partition coefficient (Wildman–Crippen LogP) is -0.129. The van der Waals surface area contributed by atoms with E-state index in [1.165, 1.54) is 0 Å². The predicted molar refractivity (Wildman–Crippen MR) is 44.8 cm³/mol. The van der Waals surface area contributed by atoms with Crippen LogP contribution in [-0.2, 0) is 11.3 Å². The van der Waals surface area contributed by atoms with Crippen LogP contribution < -0.4 is 5.32 Å². The van der Waals surface area contributed by atoms with Crippen molar-refractivity contribution in [3.63, 3.8) is 0 Å². The molecule has 66 valence electrons. The van der Waals surface area contributed by atoms with Gasteiger partial charge in [0.2, 0.25) is 0 Å². The first kappa shape index (κ1) is 7.76. The number of nitrogens with one attached hydrogen (secondary N) is 1. The molecule has 0 atom stereocenters. The standard InChI is InChI=1S/C8H13N3O/c1-3-11(7-9-1)4-2-10-8-5-12-6-8/h1,3,7-8,10H,2,4-6H2. The van der Waals surface area contributed by atoms with Gasteiger partial charge in [-0.05, 0) is 0 Å². The van der Waals surface area contributed by atoms with E-state index in [1.807, 2.05) is 12.5 Å². The summed E-state index contributed by atoms with van der Waals surface area (Å²) in [6, 6.07) is 0.577. The quantitative estimate of drug-likeness (QED) is 0.679. The SMILES string of the molecule is c1cn(CCNC2COC2)cn1. The van der Waals surface area contributed by atoms with Crippen LogP contribution in [-0.4, -0.2) is 35.4 Å². The third-order valence-electron chi connectivity index (χ3n) is 2.00. The Balaban J connectivity index is 1.62. The van der Waals surface area contributed by atoms with Crippen molar-refractivity contribution < 1.29 is 4.74 Å². The topological polar surface area (TPSA) is 39.1 Å². The monoisotopic (exact) mass is 167 g/mol. The number of rotatable bonds is 4. The molecule has 1 aliphatic rings. The van der Waals surface area contributed by atoms with Gasteiger partial charge in [-0.2, -0.15) is 0 Å². The van der Waals surface area contributed by atoms with Gasteiger partial charge in [0.05, 0.1) is 25.6 Å². The number of ether oxygens (including phenoxy) is 1. The highest BCUT2D eigenvalue weighted by atomic mass is 16.5. The second kappa shape index (κ2) is 3.69. The summed E-state index contributed by atoms with van der Waals surface area (Å²) in [5, 5.41) is 3.38. The second-order valence-corrected chi connectivity index (χ2v) is 2.99. The molecule has 1 aromatic rings. The van der Waals surface area contributed by atoms with Crippen molar-refractivity contribution >= 4 is 0 Å². The van der Waals surface area contributed by atoms with E-state index in [0.717, 1.165) is 26.3 Å². The normalized spacial score (nSPS) is 17.7. The molecule has 0 aromatic carbocycles. The lowest BCUT2D eigenvalue weighted by atomic mass is 10.2. The van der Waals surface area contributed by atoms with Crippen molar-refractivity contribution in [1.82, 2.24) is 14.9 Å². The molecule has 0 amide bonds. The minimum absolute atomic E-state index is 0.577. The number of nitrogens with zero attached hydrogens (tertiary/aromatic N) is 2. The Hall–Kier alpha value is -0.870. The van der Waals surface area contributed by atoms with Gasteiger partial charge in [-0.3, -0.25) is 0 Å². The average molecular weight is 167 g/mol. The molecular formula is C8H13N3O. The molecule has 0 spiro atoms. The van der Waals surface area contributed by atoms with Gasteiger partial charge in [0, 0.05) is 25.5 Å². The first-order chi connectivity index (χ1) is 5.95. The first-order valence-corrected chi connectivity index (χ1v) is 4.22. The summed E-state index contributed by atoms with van der Waals surface area (Å²) in [6.45, 7) is 3.70. The zero-order valence-corrected chi connectivity index (χ0v) is 6.94. The third kappa shape index (κ3) is 1.84.